The van der Waals surface area contributed by atoms with Gasteiger partial charge in [0.2, 0.25) is 14.7 Å². The molecule has 2 aliphatic heterocycles. The van der Waals surface area contributed by atoms with Crippen LogP contribution in [0.3, 0.4) is 0 Å². The van der Waals surface area contributed by atoms with Gasteiger partial charge in [-0.3, -0.25) is 13.4 Å². The van der Waals surface area contributed by atoms with Gasteiger partial charge in [-0.25, -0.2) is 0 Å². The van der Waals surface area contributed by atoms with Gasteiger partial charge in [0.1, 0.15) is 0 Å². The van der Waals surface area contributed by atoms with Crippen LogP contribution >= 0.6 is 14.7 Å². The third-order valence-electron chi connectivity index (χ3n) is 3.67. The van der Waals surface area contributed by atoms with Crippen molar-refractivity contribution in [2.45, 2.75) is 27.7 Å². The van der Waals surface area contributed by atoms with E-state index < -0.39 is 14.7 Å². The number of hydrogen-bond acceptors (Lipinski definition) is 3. The minimum atomic E-state index is -2.71. The molecule has 0 fully saturated rings. The van der Waals surface area contributed by atoms with Crippen molar-refractivity contribution in [2.75, 3.05) is 24.6 Å². The Balaban J connectivity index is 2.10. The average Bonchev–Trinajstić information content (AvgIpc) is 2.51. The molecule has 96 valence electrons. The highest BCUT2D eigenvalue weighted by molar-refractivity contribution is 7.72. The summed E-state index contributed by atoms with van der Waals surface area (Å²) in [6.45, 7) is 7.94. The number of rotatable bonds is 2. The minimum Gasteiger partial charge on any atom is -0.292 e. The third-order valence-corrected chi connectivity index (χ3v) is 9.87. The fraction of sp³-hybridized carbons (Fsp3) is 0.667. The van der Waals surface area contributed by atoms with Gasteiger partial charge < -0.3 is 0 Å². The molecule has 0 N–H and O–H groups in total. The van der Waals surface area contributed by atoms with Gasteiger partial charge in [0, 0.05) is 24.6 Å². The Bertz CT molecular complexity index is 432. The van der Waals surface area contributed by atoms with Crippen LogP contribution in [0.1, 0.15) is 27.7 Å². The zero-order valence-corrected chi connectivity index (χ0v) is 12.7. The van der Waals surface area contributed by atoms with Crippen LogP contribution in [0.4, 0.5) is 0 Å². The molecule has 0 saturated heterocycles. The Morgan fingerprint density at radius 3 is 1.18 bits per heavy atom. The standard InChI is InChI=1S/C12H20O3P2/c1-9-5-16(13,6-10(9)2)15-17(14)7-11(3)12(4)8-17/h5-8H2,1-4H3. The molecule has 2 aliphatic rings. The van der Waals surface area contributed by atoms with Crippen LogP contribution in [0.2, 0.25) is 0 Å². The van der Waals surface area contributed by atoms with Gasteiger partial charge in [0.05, 0.1) is 0 Å². The maximum absolute atomic E-state index is 12.6. The van der Waals surface area contributed by atoms with Crippen LogP contribution in [0.5, 0.6) is 0 Å². The average molecular weight is 274 g/mol. The normalized spacial score (nSPS) is 27.1. The molecular weight excluding hydrogens is 254 g/mol. The van der Waals surface area contributed by atoms with Crippen molar-refractivity contribution in [3.8, 4) is 0 Å². The maximum atomic E-state index is 12.6. The maximum Gasteiger partial charge on any atom is 0.216 e. The molecule has 0 aromatic carbocycles. The van der Waals surface area contributed by atoms with E-state index in [-0.39, 0.29) is 0 Å². The Hall–Kier alpha value is -0.100. The molecule has 0 radical (unpaired) electrons. The highest BCUT2D eigenvalue weighted by Gasteiger charge is 2.41. The summed E-state index contributed by atoms with van der Waals surface area (Å²) in [6.07, 6.45) is 1.95. The SMILES string of the molecule is CC1=C(C)CP(=O)(OP2(=O)CC(C)=C(C)C2)C1. The van der Waals surface area contributed by atoms with Gasteiger partial charge in [-0.2, -0.15) is 0 Å². The van der Waals surface area contributed by atoms with Crippen LogP contribution in [0.25, 0.3) is 0 Å². The molecule has 17 heavy (non-hydrogen) atoms. The quantitative estimate of drug-likeness (QED) is 0.558. The molecule has 0 unspecified atom stereocenters. The molecule has 0 atom stereocenters. The van der Waals surface area contributed by atoms with E-state index in [1.165, 1.54) is 0 Å². The number of hydrogen-bond donors (Lipinski definition) is 0. The lowest BCUT2D eigenvalue weighted by molar-refractivity contribution is 0.465. The van der Waals surface area contributed by atoms with Gasteiger partial charge in [0.15, 0.2) is 0 Å². The molecule has 3 nitrogen and oxygen atoms in total. The Morgan fingerprint density at radius 2 is 0.941 bits per heavy atom. The lowest BCUT2D eigenvalue weighted by Gasteiger charge is -2.19. The van der Waals surface area contributed by atoms with Gasteiger partial charge in [-0.05, 0) is 27.7 Å². The smallest absolute Gasteiger partial charge is 0.216 e. The van der Waals surface area contributed by atoms with E-state index in [2.05, 4.69) is 0 Å². The summed E-state index contributed by atoms with van der Waals surface area (Å²) in [4.78, 5) is 0. The zero-order chi connectivity index (χ0) is 12.8. The van der Waals surface area contributed by atoms with E-state index in [0.29, 0.717) is 24.6 Å². The van der Waals surface area contributed by atoms with Crippen molar-refractivity contribution in [3.05, 3.63) is 22.3 Å². The lowest BCUT2D eigenvalue weighted by Crippen LogP contribution is -1.96. The molecule has 0 aromatic rings. The monoisotopic (exact) mass is 274 g/mol. The Morgan fingerprint density at radius 1 is 0.706 bits per heavy atom. The highest BCUT2D eigenvalue weighted by atomic mass is 31.2. The fourth-order valence-electron chi connectivity index (χ4n) is 2.48. The molecule has 0 saturated carbocycles. The van der Waals surface area contributed by atoms with Crippen molar-refractivity contribution in [1.29, 1.82) is 0 Å². The van der Waals surface area contributed by atoms with Gasteiger partial charge in [-0.1, -0.05) is 22.3 Å². The van der Waals surface area contributed by atoms with Gasteiger partial charge >= 0.3 is 0 Å². The topological polar surface area (TPSA) is 43.4 Å². The summed E-state index contributed by atoms with van der Waals surface area (Å²) in [5.41, 5.74) is 4.56. The van der Waals surface area contributed by atoms with Crippen molar-refractivity contribution in [2.24, 2.45) is 0 Å². The number of allylic oxidation sites excluding steroid dienone is 4. The van der Waals surface area contributed by atoms with E-state index >= 15 is 0 Å². The summed E-state index contributed by atoms with van der Waals surface area (Å²) in [5, 5.41) is 0. The molecular formula is C12H20O3P2. The molecule has 5 heteroatoms. The van der Waals surface area contributed by atoms with E-state index in [9.17, 15) is 9.13 Å². The molecule has 0 bridgehead atoms. The summed E-state index contributed by atoms with van der Waals surface area (Å²) in [5.74, 6) is 0. The Labute approximate surface area is 103 Å². The first-order valence-corrected chi connectivity index (χ1v) is 9.90. The minimum absolute atomic E-state index is 0.487. The largest absolute Gasteiger partial charge is 0.292 e. The molecule has 0 aromatic heterocycles. The second kappa shape index (κ2) is 4.23. The highest BCUT2D eigenvalue weighted by Crippen LogP contribution is 2.69. The third kappa shape index (κ3) is 2.67. The first-order chi connectivity index (χ1) is 7.73. The van der Waals surface area contributed by atoms with Crippen molar-refractivity contribution >= 4 is 14.7 Å². The Kier molecular flexibility index (Phi) is 3.32. The summed E-state index contributed by atoms with van der Waals surface area (Å²) >= 11 is 0. The lowest BCUT2D eigenvalue weighted by atomic mass is 10.2. The fourth-order valence-corrected chi connectivity index (χ4v) is 9.77. The predicted octanol–water partition coefficient (Wildman–Crippen LogP) is 4.26. The van der Waals surface area contributed by atoms with E-state index in [4.69, 9.17) is 4.31 Å². The van der Waals surface area contributed by atoms with Crippen LogP contribution in [-0.4, -0.2) is 24.6 Å². The second-order valence-corrected chi connectivity index (χ2v) is 10.6. The van der Waals surface area contributed by atoms with E-state index in [1.807, 2.05) is 27.7 Å². The molecule has 2 rings (SSSR count). The summed E-state index contributed by atoms with van der Waals surface area (Å²) < 4.78 is 30.8. The first kappa shape index (κ1) is 13.3. The predicted molar refractivity (Wildman–Crippen MR) is 72.5 cm³/mol. The van der Waals surface area contributed by atoms with Crippen LogP contribution in [0, 0.1) is 0 Å². The van der Waals surface area contributed by atoms with E-state index in [1.54, 1.807) is 0 Å². The van der Waals surface area contributed by atoms with Gasteiger partial charge in [-0.15, -0.1) is 0 Å². The van der Waals surface area contributed by atoms with Crippen LogP contribution in [-0.2, 0) is 13.4 Å². The summed E-state index contributed by atoms with van der Waals surface area (Å²) in [6, 6.07) is 0. The second-order valence-electron chi connectivity index (χ2n) is 5.46. The van der Waals surface area contributed by atoms with E-state index in [0.717, 1.165) is 22.3 Å². The van der Waals surface area contributed by atoms with Crippen LogP contribution in [0.15, 0.2) is 22.3 Å². The zero-order valence-electron chi connectivity index (χ0n) is 10.9. The molecule has 0 spiro atoms. The van der Waals surface area contributed by atoms with Crippen molar-refractivity contribution < 1.29 is 13.4 Å². The molecule has 2 heterocycles. The van der Waals surface area contributed by atoms with Gasteiger partial charge in [0.25, 0.3) is 0 Å². The summed E-state index contributed by atoms with van der Waals surface area (Å²) in [7, 11) is -5.43. The molecule has 0 amide bonds. The van der Waals surface area contributed by atoms with Crippen LogP contribution < -0.4 is 0 Å². The molecule has 0 aliphatic carbocycles. The van der Waals surface area contributed by atoms with Crippen molar-refractivity contribution in [1.82, 2.24) is 0 Å². The van der Waals surface area contributed by atoms with Crippen molar-refractivity contribution in [3.63, 3.8) is 0 Å². The first-order valence-electron chi connectivity index (χ1n) is 5.91.